The van der Waals surface area contributed by atoms with Crippen LogP contribution in [0.2, 0.25) is 0 Å². The Balaban J connectivity index is 2.46. The maximum absolute atomic E-state index is 13.1. The molecule has 1 amide bonds. The van der Waals surface area contributed by atoms with E-state index in [0.29, 0.717) is 22.6 Å². The Morgan fingerprint density at radius 1 is 0.784 bits per heavy atom. The molecule has 0 unspecified atom stereocenters. The monoisotopic (exact) mass is 526 g/mol. The van der Waals surface area contributed by atoms with Crippen LogP contribution in [0.3, 0.4) is 0 Å². The van der Waals surface area contributed by atoms with Crippen LogP contribution in [-0.2, 0) is 21.5 Å². The normalized spacial score (nSPS) is 12.1. The lowest BCUT2D eigenvalue weighted by Crippen LogP contribution is -2.36. The SMILES string of the molecule is CC(C)c1cc(C(C)C)c(CC(=O)NS(=O)(=O)Oc2c(C(C)C)cc(C#N)cc2C(C)C)c(C(C)C)c1. The third-order valence-electron chi connectivity index (χ3n) is 6.54. The number of rotatable bonds is 10. The Bertz CT molecular complexity index is 1230. The first kappa shape index (κ1) is 30.4. The summed E-state index contributed by atoms with van der Waals surface area (Å²) in [7, 11) is -4.46. The summed E-state index contributed by atoms with van der Waals surface area (Å²) >= 11 is 0. The van der Waals surface area contributed by atoms with E-state index in [1.165, 1.54) is 5.56 Å². The Morgan fingerprint density at radius 3 is 1.57 bits per heavy atom. The van der Waals surface area contributed by atoms with Crippen molar-refractivity contribution >= 4 is 16.2 Å². The molecule has 0 heterocycles. The summed E-state index contributed by atoms with van der Waals surface area (Å²) < 4.78 is 33.8. The molecule has 6 nitrogen and oxygen atoms in total. The van der Waals surface area contributed by atoms with Crippen molar-refractivity contribution in [2.75, 3.05) is 0 Å². The topological polar surface area (TPSA) is 96.3 Å². The summed E-state index contributed by atoms with van der Waals surface area (Å²) in [6.07, 6.45) is -0.0660. The van der Waals surface area contributed by atoms with E-state index in [2.05, 4.69) is 64.5 Å². The van der Waals surface area contributed by atoms with Crippen LogP contribution in [-0.4, -0.2) is 14.3 Å². The summed E-state index contributed by atoms with van der Waals surface area (Å²) in [6.45, 7) is 20.2. The molecule has 0 aliphatic heterocycles. The molecule has 0 saturated carbocycles. The van der Waals surface area contributed by atoms with Gasteiger partial charge in [-0.25, -0.2) is 4.72 Å². The van der Waals surface area contributed by atoms with Gasteiger partial charge >= 0.3 is 10.3 Å². The molecule has 37 heavy (non-hydrogen) atoms. The fourth-order valence-electron chi connectivity index (χ4n) is 4.47. The number of hydrogen-bond acceptors (Lipinski definition) is 5. The van der Waals surface area contributed by atoms with E-state index in [9.17, 15) is 18.5 Å². The van der Waals surface area contributed by atoms with Gasteiger partial charge in [-0.3, -0.25) is 4.79 Å². The van der Waals surface area contributed by atoms with E-state index in [4.69, 9.17) is 4.18 Å². The van der Waals surface area contributed by atoms with E-state index < -0.39 is 16.2 Å². The second-order valence-electron chi connectivity index (χ2n) is 11.3. The van der Waals surface area contributed by atoms with Gasteiger partial charge in [-0.2, -0.15) is 13.7 Å². The van der Waals surface area contributed by atoms with Crippen LogP contribution < -0.4 is 8.91 Å². The molecule has 0 aliphatic carbocycles. The van der Waals surface area contributed by atoms with Gasteiger partial charge in [0.15, 0.2) is 5.75 Å². The van der Waals surface area contributed by atoms with Crippen LogP contribution in [0.25, 0.3) is 0 Å². The van der Waals surface area contributed by atoms with Gasteiger partial charge in [-0.05, 0) is 64.0 Å². The highest BCUT2D eigenvalue weighted by atomic mass is 32.2. The number of amides is 1. The minimum atomic E-state index is -4.46. The zero-order valence-electron chi connectivity index (χ0n) is 23.9. The molecule has 0 atom stereocenters. The Labute approximate surface area is 223 Å². The summed E-state index contributed by atoms with van der Waals surface area (Å²) in [4.78, 5) is 13.1. The third kappa shape index (κ3) is 7.58. The molecule has 7 heteroatoms. The van der Waals surface area contributed by atoms with Crippen LogP contribution in [0.4, 0.5) is 0 Å². The molecule has 0 spiro atoms. The van der Waals surface area contributed by atoms with Crippen molar-refractivity contribution < 1.29 is 17.4 Å². The third-order valence-corrected chi connectivity index (χ3v) is 7.40. The molecule has 202 valence electrons. The zero-order valence-corrected chi connectivity index (χ0v) is 24.7. The van der Waals surface area contributed by atoms with Crippen LogP contribution in [0, 0.1) is 11.3 Å². The van der Waals surface area contributed by atoms with Crippen molar-refractivity contribution in [3.63, 3.8) is 0 Å². The number of nitriles is 1. The standard InChI is InChI=1S/C30H42N2O4S/c1-17(2)23-13-24(18(3)4)28(25(14-23)19(5)6)15-29(33)32-37(34,35)36-30-26(20(7)8)11-22(16-31)12-27(30)21(9)10/h11-14,17-21H,15H2,1-10H3,(H,32,33). The predicted octanol–water partition coefficient (Wildman–Crippen LogP) is 7.16. The average molecular weight is 527 g/mol. The van der Waals surface area contributed by atoms with Gasteiger partial charge in [0.25, 0.3) is 0 Å². The lowest BCUT2D eigenvalue weighted by Gasteiger charge is -2.23. The molecule has 0 fully saturated rings. The maximum Gasteiger partial charge on any atom is 0.409 e. The molecule has 2 rings (SSSR count). The quantitative estimate of drug-likeness (QED) is 0.354. The molecule has 2 aromatic rings. The molecular weight excluding hydrogens is 484 g/mol. The Hall–Kier alpha value is -2.85. The van der Waals surface area contributed by atoms with E-state index in [1.54, 1.807) is 12.1 Å². The van der Waals surface area contributed by atoms with Crippen LogP contribution in [0.15, 0.2) is 24.3 Å². The van der Waals surface area contributed by atoms with Gasteiger partial charge in [0.05, 0.1) is 18.1 Å². The number of nitrogens with one attached hydrogen (secondary N) is 1. The van der Waals surface area contributed by atoms with Gasteiger partial charge in [0, 0.05) is 11.1 Å². The van der Waals surface area contributed by atoms with Crippen molar-refractivity contribution in [2.24, 2.45) is 0 Å². The van der Waals surface area contributed by atoms with Crippen LogP contribution in [0.5, 0.6) is 5.75 Å². The number of carbonyl (C=O) groups is 1. The smallest absolute Gasteiger partial charge is 0.366 e. The minimum Gasteiger partial charge on any atom is -0.366 e. The van der Waals surface area contributed by atoms with Gasteiger partial charge in [0.1, 0.15) is 0 Å². The summed E-state index contributed by atoms with van der Waals surface area (Å²) in [5.74, 6) is 0.0369. The van der Waals surface area contributed by atoms with Crippen molar-refractivity contribution in [2.45, 2.75) is 105 Å². The summed E-state index contributed by atoms with van der Waals surface area (Å²) in [5, 5.41) is 9.44. The summed E-state index contributed by atoms with van der Waals surface area (Å²) in [5.41, 5.74) is 5.83. The second-order valence-corrected chi connectivity index (χ2v) is 12.6. The number of carbonyl (C=O) groups excluding carboxylic acids is 1. The summed E-state index contributed by atoms with van der Waals surface area (Å²) in [6, 6.07) is 9.68. The molecule has 0 saturated heterocycles. The van der Waals surface area contributed by atoms with Crippen molar-refractivity contribution in [1.29, 1.82) is 5.26 Å². The highest BCUT2D eigenvalue weighted by Gasteiger charge is 2.26. The molecule has 0 bridgehead atoms. The van der Waals surface area contributed by atoms with Gasteiger partial charge in [-0.1, -0.05) is 81.4 Å². The molecular formula is C30H42N2O4S. The van der Waals surface area contributed by atoms with Gasteiger partial charge in [0.2, 0.25) is 5.91 Å². The van der Waals surface area contributed by atoms with E-state index in [-0.39, 0.29) is 35.8 Å². The fourth-order valence-corrected chi connectivity index (χ4v) is 5.27. The highest BCUT2D eigenvalue weighted by molar-refractivity contribution is 7.85. The maximum atomic E-state index is 13.1. The lowest BCUT2D eigenvalue weighted by molar-refractivity contribution is -0.118. The lowest BCUT2D eigenvalue weighted by atomic mass is 9.83. The Kier molecular flexibility index (Phi) is 9.96. The molecule has 0 aromatic heterocycles. The van der Waals surface area contributed by atoms with E-state index in [0.717, 1.165) is 16.7 Å². The zero-order chi connectivity index (χ0) is 28.2. The van der Waals surface area contributed by atoms with E-state index in [1.807, 2.05) is 27.7 Å². The first-order chi connectivity index (χ1) is 17.1. The number of benzene rings is 2. The fraction of sp³-hybridized carbons (Fsp3) is 0.533. The molecule has 1 N–H and O–H groups in total. The highest BCUT2D eigenvalue weighted by Crippen LogP contribution is 2.37. The van der Waals surface area contributed by atoms with Crippen molar-refractivity contribution in [3.8, 4) is 11.8 Å². The van der Waals surface area contributed by atoms with Crippen molar-refractivity contribution in [3.05, 3.63) is 63.2 Å². The second kappa shape index (κ2) is 12.1. The average Bonchev–Trinajstić information content (AvgIpc) is 2.77. The van der Waals surface area contributed by atoms with Gasteiger partial charge in [-0.15, -0.1) is 0 Å². The van der Waals surface area contributed by atoms with Crippen LogP contribution in [0.1, 0.15) is 138 Å². The number of nitrogens with zero attached hydrogens (tertiary/aromatic N) is 1. The molecule has 0 aliphatic rings. The number of hydrogen-bond donors (Lipinski definition) is 1. The minimum absolute atomic E-state index is 0.0660. The molecule has 2 aromatic carbocycles. The van der Waals surface area contributed by atoms with E-state index >= 15 is 0 Å². The first-order valence-electron chi connectivity index (χ1n) is 13.1. The Morgan fingerprint density at radius 2 is 1.22 bits per heavy atom. The van der Waals surface area contributed by atoms with Crippen molar-refractivity contribution in [1.82, 2.24) is 4.72 Å². The van der Waals surface area contributed by atoms with Gasteiger partial charge < -0.3 is 4.18 Å². The first-order valence-corrected chi connectivity index (χ1v) is 14.5. The predicted molar refractivity (Wildman–Crippen MR) is 149 cm³/mol. The van der Waals surface area contributed by atoms with Crippen LogP contribution >= 0.6 is 0 Å². The largest absolute Gasteiger partial charge is 0.409 e. The molecule has 0 radical (unpaired) electrons.